The molecule has 1 rings (SSSR count). The monoisotopic (exact) mass is 127 g/mol. The summed E-state index contributed by atoms with van der Waals surface area (Å²) in [5.74, 6) is 0. The summed E-state index contributed by atoms with van der Waals surface area (Å²) in [5, 5.41) is 0. The zero-order valence-electron chi connectivity index (χ0n) is 6.89. The van der Waals surface area contributed by atoms with Crippen molar-refractivity contribution in [2.45, 2.75) is 52.2 Å². The van der Waals surface area contributed by atoms with Crippen molar-refractivity contribution in [3.63, 3.8) is 0 Å². The predicted molar refractivity (Wildman–Crippen MR) is 40.5 cm³/mol. The molecular formula is C8H17N. The maximum absolute atomic E-state index is 2.56. The molecule has 0 aromatic carbocycles. The third-order valence-corrected chi connectivity index (χ3v) is 2.30. The first-order valence-electron chi connectivity index (χ1n) is 3.90. The van der Waals surface area contributed by atoms with E-state index in [1.165, 1.54) is 6.42 Å². The van der Waals surface area contributed by atoms with Gasteiger partial charge in [0.05, 0.1) is 0 Å². The molecule has 1 aliphatic rings. The van der Waals surface area contributed by atoms with Crippen LogP contribution in [-0.2, 0) is 0 Å². The highest BCUT2D eigenvalue weighted by Gasteiger charge is 2.32. The molecule has 2 atom stereocenters. The van der Waals surface area contributed by atoms with Gasteiger partial charge in [0.1, 0.15) is 0 Å². The van der Waals surface area contributed by atoms with Crippen molar-refractivity contribution in [2.75, 3.05) is 0 Å². The van der Waals surface area contributed by atoms with Crippen molar-refractivity contribution in [2.24, 2.45) is 0 Å². The lowest BCUT2D eigenvalue weighted by Crippen LogP contribution is -2.55. The lowest BCUT2D eigenvalue weighted by molar-refractivity contribution is 0.00770. The molecule has 0 bridgehead atoms. The van der Waals surface area contributed by atoms with E-state index in [0.29, 0.717) is 0 Å². The highest BCUT2D eigenvalue weighted by molar-refractivity contribution is 4.88. The van der Waals surface area contributed by atoms with Crippen molar-refractivity contribution in [1.82, 2.24) is 4.90 Å². The number of nitrogens with zero attached hydrogens (tertiary/aromatic N) is 1. The second kappa shape index (κ2) is 2.30. The van der Waals surface area contributed by atoms with Gasteiger partial charge in [0.2, 0.25) is 0 Å². The normalized spacial score (nSPS) is 37.0. The van der Waals surface area contributed by atoms with Gasteiger partial charge in [-0.1, -0.05) is 0 Å². The van der Waals surface area contributed by atoms with Crippen molar-refractivity contribution in [3.8, 4) is 0 Å². The predicted octanol–water partition coefficient (Wildman–Crippen LogP) is 1.88. The van der Waals surface area contributed by atoms with Gasteiger partial charge in [-0.05, 0) is 34.1 Å². The van der Waals surface area contributed by atoms with Crippen molar-refractivity contribution in [3.05, 3.63) is 0 Å². The highest BCUT2D eigenvalue weighted by atomic mass is 15.3. The van der Waals surface area contributed by atoms with Crippen molar-refractivity contribution >= 4 is 0 Å². The average Bonchev–Trinajstić information content (AvgIpc) is 1.62. The summed E-state index contributed by atoms with van der Waals surface area (Å²) in [6.07, 6.45) is 1.39. The fourth-order valence-corrected chi connectivity index (χ4v) is 2.05. The van der Waals surface area contributed by atoms with Crippen LogP contribution in [-0.4, -0.2) is 23.0 Å². The smallest absolute Gasteiger partial charge is 0.00872 e. The maximum atomic E-state index is 2.56. The molecule has 0 spiro atoms. The van der Waals surface area contributed by atoms with Crippen LogP contribution in [0.1, 0.15) is 34.1 Å². The quantitative estimate of drug-likeness (QED) is 0.520. The Labute approximate surface area is 58.0 Å². The second-order valence-corrected chi connectivity index (χ2v) is 3.47. The van der Waals surface area contributed by atoms with E-state index in [2.05, 4.69) is 32.6 Å². The van der Waals surface area contributed by atoms with E-state index in [1.807, 2.05) is 0 Å². The van der Waals surface area contributed by atoms with Crippen LogP contribution in [0.25, 0.3) is 0 Å². The molecule has 54 valence electrons. The number of hydrogen-bond acceptors (Lipinski definition) is 1. The molecule has 0 saturated carbocycles. The molecule has 0 amide bonds. The first kappa shape index (κ1) is 7.07. The maximum Gasteiger partial charge on any atom is 0.00872 e. The Bertz CT molecular complexity index is 84.0. The van der Waals surface area contributed by atoms with Gasteiger partial charge in [-0.25, -0.2) is 0 Å². The van der Waals surface area contributed by atoms with E-state index < -0.39 is 0 Å². The number of rotatable bonds is 1. The molecule has 1 aliphatic heterocycles. The Balaban J connectivity index is 2.39. The fourth-order valence-electron chi connectivity index (χ4n) is 2.05. The van der Waals surface area contributed by atoms with E-state index in [9.17, 15) is 0 Å². The number of likely N-dealkylation sites (tertiary alicyclic amines) is 1. The Morgan fingerprint density at radius 3 is 1.78 bits per heavy atom. The molecule has 0 radical (unpaired) electrons. The molecular weight excluding hydrogens is 110 g/mol. The Kier molecular flexibility index (Phi) is 1.80. The van der Waals surface area contributed by atoms with Gasteiger partial charge < -0.3 is 0 Å². The van der Waals surface area contributed by atoms with Gasteiger partial charge in [-0.3, -0.25) is 4.90 Å². The standard InChI is InChI=1S/C8H17N/c1-6(2)9-7(3)5-8(9)4/h6-8H,5H2,1-4H3/t7-,8+. The van der Waals surface area contributed by atoms with Gasteiger partial charge >= 0.3 is 0 Å². The van der Waals surface area contributed by atoms with E-state index in [4.69, 9.17) is 0 Å². The Hall–Kier alpha value is -0.0400. The third kappa shape index (κ3) is 1.11. The molecule has 1 heteroatoms. The first-order chi connectivity index (χ1) is 4.13. The minimum Gasteiger partial charge on any atom is -0.295 e. The van der Waals surface area contributed by atoms with Crippen LogP contribution < -0.4 is 0 Å². The van der Waals surface area contributed by atoms with E-state index in [-0.39, 0.29) is 0 Å². The Morgan fingerprint density at radius 1 is 1.22 bits per heavy atom. The van der Waals surface area contributed by atoms with Crippen LogP contribution in [0.2, 0.25) is 0 Å². The zero-order chi connectivity index (χ0) is 7.02. The summed E-state index contributed by atoms with van der Waals surface area (Å²) in [6, 6.07) is 2.41. The minimum atomic E-state index is 0.740. The molecule has 0 unspecified atom stereocenters. The van der Waals surface area contributed by atoms with Crippen LogP contribution >= 0.6 is 0 Å². The lowest BCUT2D eigenvalue weighted by atomic mass is 9.94. The van der Waals surface area contributed by atoms with Gasteiger partial charge in [-0.2, -0.15) is 0 Å². The SMILES string of the molecule is CC(C)N1[C@H](C)C[C@@H]1C. The fraction of sp³-hybridized carbons (Fsp3) is 1.00. The van der Waals surface area contributed by atoms with E-state index in [0.717, 1.165) is 18.1 Å². The third-order valence-electron chi connectivity index (χ3n) is 2.30. The van der Waals surface area contributed by atoms with Crippen LogP contribution in [0.4, 0.5) is 0 Å². The van der Waals surface area contributed by atoms with Gasteiger partial charge in [0.15, 0.2) is 0 Å². The topological polar surface area (TPSA) is 3.24 Å². The van der Waals surface area contributed by atoms with Crippen molar-refractivity contribution in [1.29, 1.82) is 0 Å². The molecule has 9 heavy (non-hydrogen) atoms. The summed E-state index contributed by atoms with van der Waals surface area (Å²) in [5.41, 5.74) is 0. The van der Waals surface area contributed by atoms with E-state index >= 15 is 0 Å². The minimum absolute atomic E-state index is 0.740. The molecule has 1 nitrogen and oxygen atoms in total. The molecule has 0 aliphatic carbocycles. The van der Waals surface area contributed by atoms with Crippen LogP contribution in [0.3, 0.4) is 0 Å². The first-order valence-corrected chi connectivity index (χ1v) is 3.90. The zero-order valence-corrected chi connectivity index (χ0v) is 6.89. The summed E-state index contributed by atoms with van der Waals surface area (Å²) >= 11 is 0. The summed E-state index contributed by atoms with van der Waals surface area (Å²) in [4.78, 5) is 2.56. The van der Waals surface area contributed by atoms with Gasteiger partial charge in [-0.15, -0.1) is 0 Å². The van der Waals surface area contributed by atoms with Crippen LogP contribution in [0.15, 0.2) is 0 Å². The Morgan fingerprint density at radius 2 is 1.67 bits per heavy atom. The highest BCUT2D eigenvalue weighted by Crippen LogP contribution is 2.26. The molecule has 0 aromatic heterocycles. The molecule has 1 heterocycles. The summed E-state index contributed by atoms with van der Waals surface area (Å²) in [7, 11) is 0. The van der Waals surface area contributed by atoms with Gasteiger partial charge in [0.25, 0.3) is 0 Å². The molecule has 0 aromatic rings. The molecule has 1 fully saturated rings. The molecule has 0 N–H and O–H groups in total. The number of hydrogen-bond donors (Lipinski definition) is 0. The second-order valence-electron chi connectivity index (χ2n) is 3.47. The van der Waals surface area contributed by atoms with Crippen LogP contribution in [0.5, 0.6) is 0 Å². The average molecular weight is 127 g/mol. The molecule has 1 saturated heterocycles. The summed E-state index contributed by atoms with van der Waals surface area (Å²) in [6.45, 7) is 9.15. The van der Waals surface area contributed by atoms with E-state index in [1.54, 1.807) is 0 Å². The largest absolute Gasteiger partial charge is 0.295 e. The lowest BCUT2D eigenvalue weighted by Gasteiger charge is -2.48. The van der Waals surface area contributed by atoms with Gasteiger partial charge in [0, 0.05) is 18.1 Å². The van der Waals surface area contributed by atoms with Crippen LogP contribution in [0, 0.1) is 0 Å². The summed E-state index contributed by atoms with van der Waals surface area (Å²) < 4.78 is 0. The van der Waals surface area contributed by atoms with Crippen molar-refractivity contribution < 1.29 is 0 Å².